The Bertz CT molecular complexity index is 1520. The van der Waals surface area contributed by atoms with Crippen molar-refractivity contribution < 1.29 is 23.0 Å². The normalized spacial score (nSPS) is 21.9. The molecule has 0 amide bonds. The van der Waals surface area contributed by atoms with Crippen molar-refractivity contribution >= 4 is 17.1 Å². The van der Waals surface area contributed by atoms with Crippen LogP contribution in [0.1, 0.15) is 39.4 Å². The number of hydrogen-bond acceptors (Lipinski definition) is 5. The summed E-state index contributed by atoms with van der Waals surface area (Å²) in [6.07, 6.45) is -3.41. The molecule has 1 fully saturated rings. The predicted octanol–water partition coefficient (Wildman–Crippen LogP) is 7.12. The monoisotopic (exact) mass is 531 g/mol. The second-order valence-electron chi connectivity index (χ2n) is 10.3. The summed E-state index contributed by atoms with van der Waals surface area (Å²) in [5, 5.41) is 18.0. The molecule has 0 spiro atoms. The van der Waals surface area contributed by atoms with E-state index in [2.05, 4.69) is 0 Å². The number of anilines is 1. The average molecular weight is 532 g/mol. The van der Waals surface area contributed by atoms with Gasteiger partial charge >= 0.3 is 6.18 Å². The van der Waals surface area contributed by atoms with Gasteiger partial charge < -0.3 is 9.84 Å². The van der Waals surface area contributed by atoms with Crippen LogP contribution < -0.4 is 5.01 Å². The minimum atomic E-state index is -4.69. The van der Waals surface area contributed by atoms with Gasteiger partial charge in [-0.3, -0.25) is 4.90 Å². The third-order valence-corrected chi connectivity index (χ3v) is 7.52. The van der Waals surface area contributed by atoms with Crippen molar-refractivity contribution in [1.82, 2.24) is 4.90 Å². The Morgan fingerprint density at radius 1 is 1.00 bits per heavy atom. The Kier molecular flexibility index (Phi) is 6.03. The van der Waals surface area contributed by atoms with Crippen LogP contribution in [-0.2, 0) is 11.2 Å². The first-order valence-electron chi connectivity index (χ1n) is 12.8. The molecule has 1 aliphatic carbocycles. The number of allylic oxidation sites excluding steroid dienone is 2. The fraction of sp³-hybridized carbons (Fsp3) is 0.258. The Balaban J connectivity index is 1.59. The van der Waals surface area contributed by atoms with Crippen LogP contribution >= 0.6 is 0 Å². The van der Waals surface area contributed by atoms with E-state index in [9.17, 15) is 18.3 Å². The van der Waals surface area contributed by atoms with E-state index in [1.165, 1.54) is 12.1 Å². The molecule has 1 saturated heterocycles. The summed E-state index contributed by atoms with van der Waals surface area (Å²) in [5.74, 6) is 0.206. The summed E-state index contributed by atoms with van der Waals surface area (Å²) in [6.45, 7) is 6.05. The van der Waals surface area contributed by atoms with Crippen LogP contribution in [0.4, 0.5) is 18.9 Å². The van der Waals surface area contributed by atoms with Crippen molar-refractivity contribution in [2.45, 2.75) is 45.5 Å². The van der Waals surface area contributed by atoms with E-state index in [-0.39, 0.29) is 30.1 Å². The van der Waals surface area contributed by atoms with Crippen LogP contribution in [0.25, 0.3) is 5.57 Å². The standard InChI is InChI=1S/C31H28F3N3O2/c1-18-13-19(2)28(20(3)14-18)37-30(25(38)16-24(31(32,33)34)21-9-5-4-6-10-21)36-27(35-37)17-39-26-15-22-11-7-8-12-23(22)29(26)36/h4-14,16,26,29,38H,15,17H2,1-3H3/b24-16+,30-25+/t26-,29+/m0/s1. The summed E-state index contributed by atoms with van der Waals surface area (Å²) in [5.41, 5.74) is 4.74. The number of benzene rings is 3. The number of hydrazone groups is 1. The molecule has 3 aromatic carbocycles. The highest BCUT2D eigenvalue weighted by molar-refractivity contribution is 5.92. The van der Waals surface area contributed by atoms with E-state index in [0.717, 1.165) is 33.9 Å². The molecule has 0 unspecified atom stereocenters. The van der Waals surface area contributed by atoms with Gasteiger partial charge in [0.15, 0.2) is 17.4 Å². The summed E-state index contributed by atoms with van der Waals surface area (Å²) >= 11 is 0. The van der Waals surface area contributed by atoms with E-state index in [1.54, 1.807) is 23.2 Å². The Morgan fingerprint density at radius 3 is 2.36 bits per heavy atom. The van der Waals surface area contributed by atoms with Gasteiger partial charge in [0.1, 0.15) is 6.61 Å². The minimum absolute atomic E-state index is 0.0309. The molecule has 200 valence electrons. The Labute approximate surface area is 225 Å². The van der Waals surface area contributed by atoms with Crippen LogP contribution in [0.3, 0.4) is 0 Å². The Hall–Kier alpha value is -4.04. The number of hydrogen-bond donors (Lipinski definition) is 1. The zero-order valence-corrected chi connectivity index (χ0v) is 21.8. The number of ether oxygens (including phenoxy) is 1. The molecule has 2 heterocycles. The van der Waals surface area contributed by atoms with Crippen molar-refractivity contribution in [3.63, 3.8) is 0 Å². The van der Waals surface area contributed by atoms with Crippen molar-refractivity contribution in [3.05, 3.63) is 118 Å². The molecule has 2 aliphatic heterocycles. The number of aliphatic hydroxyl groups excluding tert-OH is 1. The summed E-state index contributed by atoms with van der Waals surface area (Å²) < 4.78 is 49.1. The van der Waals surface area contributed by atoms with E-state index in [1.807, 2.05) is 62.1 Å². The second kappa shape index (κ2) is 9.31. The lowest BCUT2D eigenvalue weighted by molar-refractivity contribution is -0.0690. The van der Waals surface area contributed by atoms with Gasteiger partial charge in [-0.05, 0) is 54.7 Å². The lowest BCUT2D eigenvalue weighted by Crippen LogP contribution is -2.45. The SMILES string of the molecule is Cc1cc(C)c(N2N=C3CO[C@H]4Cc5ccccc5[C@H]4N3/C2=C(O)/C=C(\c2ccccc2)C(F)(F)F)c(C)c1. The average Bonchev–Trinajstić information content (AvgIpc) is 3.44. The molecule has 39 heavy (non-hydrogen) atoms. The van der Waals surface area contributed by atoms with Crippen LogP contribution in [0.5, 0.6) is 0 Å². The fourth-order valence-corrected chi connectivity index (χ4v) is 6.04. The van der Waals surface area contributed by atoms with Crippen LogP contribution in [0, 0.1) is 20.8 Å². The highest BCUT2D eigenvalue weighted by Gasteiger charge is 2.49. The molecular weight excluding hydrogens is 503 g/mol. The van der Waals surface area contributed by atoms with Crippen molar-refractivity contribution in [3.8, 4) is 0 Å². The third kappa shape index (κ3) is 4.29. The van der Waals surface area contributed by atoms with Gasteiger partial charge in [0.25, 0.3) is 0 Å². The number of nitrogens with zero attached hydrogens (tertiary/aromatic N) is 3. The molecular formula is C31H28F3N3O2. The second-order valence-corrected chi connectivity index (χ2v) is 10.3. The first-order chi connectivity index (χ1) is 18.6. The largest absolute Gasteiger partial charge is 0.504 e. The molecule has 0 aromatic heterocycles. The molecule has 1 N–H and O–H groups in total. The number of alkyl halides is 3. The molecule has 0 radical (unpaired) electrons. The first-order valence-corrected chi connectivity index (χ1v) is 12.8. The van der Waals surface area contributed by atoms with E-state index >= 15 is 0 Å². The number of aliphatic hydroxyl groups is 1. The number of morpholine rings is 1. The zero-order valence-electron chi connectivity index (χ0n) is 21.8. The maximum Gasteiger partial charge on any atom is 0.417 e. The van der Waals surface area contributed by atoms with E-state index < -0.39 is 17.5 Å². The van der Waals surface area contributed by atoms with Crippen LogP contribution in [0.15, 0.2) is 89.5 Å². The molecule has 2 atom stereocenters. The molecule has 0 saturated carbocycles. The summed E-state index contributed by atoms with van der Waals surface area (Å²) in [7, 11) is 0. The number of aryl methyl sites for hydroxylation is 3. The molecule has 6 rings (SSSR count). The topological polar surface area (TPSA) is 48.3 Å². The maximum absolute atomic E-state index is 14.3. The summed E-state index contributed by atoms with van der Waals surface area (Å²) in [4.78, 5) is 1.86. The molecule has 0 bridgehead atoms. The van der Waals surface area contributed by atoms with Gasteiger partial charge in [0, 0.05) is 6.42 Å². The number of fused-ring (bicyclic) bond motifs is 5. The fourth-order valence-electron chi connectivity index (χ4n) is 6.04. The lowest BCUT2D eigenvalue weighted by atomic mass is 10.0. The van der Waals surface area contributed by atoms with E-state index in [4.69, 9.17) is 9.84 Å². The molecule has 5 nitrogen and oxygen atoms in total. The molecule has 3 aliphatic rings. The first kappa shape index (κ1) is 25.2. The minimum Gasteiger partial charge on any atom is -0.504 e. The predicted molar refractivity (Wildman–Crippen MR) is 145 cm³/mol. The highest BCUT2D eigenvalue weighted by atomic mass is 19.4. The molecule has 3 aromatic rings. The zero-order chi connectivity index (χ0) is 27.5. The van der Waals surface area contributed by atoms with E-state index in [0.29, 0.717) is 17.9 Å². The van der Waals surface area contributed by atoms with Gasteiger partial charge in [-0.1, -0.05) is 72.3 Å². The Morgan fingerprint density at radius 2 is 1.67 bits per heavy atom. The van der Waals surface area contributed by atoms with Gasteiger partial charge in [-0.2, -0.15) is 13.2 Å². The van der Waals surface area contributed by atoms with Crippen LogP contribution in [0.2, 0.25) is 0 Å². The maximum atomic E-state index is 14.3. The van der Waals surface area contributed by atoms with Crippen molar-refractivity contribution in [1.29, 1.82) is 0 Å². The number of rotatable bonds is 3. The summed E-state index contributed by atoms with van der Waals surface area (Å²) in [6, 6.07) is 19.1. The third-order valence-electron chi connectivity index (χ3n) is 7.52. The quantitative estimate of drug-likeness (QED) is 0.366. The van der Waals surface area contributed by atoms with Gasteiger partial charge in [-0.15, -0.1) is 5.10 Å². The smallest absolute Gasteiger partial charge is 0.417 e. The number of amidine groups is 1. The van der Waals surface area contributed by atoms with Crippen molar-refractivity contribution in [2.75, 3.05) is 11.6 Å². The van der Waals surface area contributed by atoms with Gasteiger partial charge in [0.2, 0.25) is 0 Å². The van der Waals surface area contributed by atoms with Gasteiger partial charge in [0.05, 0.1) is 23.4 Å². The highest BCUT2D eigenvalue weighted by Crippen LogP contribution is 2.47. The van der Waals surface area contributed by atoms with Gasteiger partial charge in [-0.25, -0.2) is 5.01 Å². The molecule has 8 heteroatoms. The number of halogens is 3. The van der Waals surface area contributed by atoms with Crippen LogP contribution in [-0.4, -0.2) is 34.7 Å². The van der Waals surface area contributed by atoms with Crippen molar-refractivity contribution in [2.24, 2.45) is 5.10 Å². The lowest BCUT2D eigenvalue weighted by Gasteiger charge is -2.38.